The van der Waals surface area contributed by atoms with E-state index in [2.05, 4.69) is 51.7 Å². The van der Waals surface area contributed by atoms with Gasteiger partial charge in [-0.05, 0) is 37.4 Å². The summed E-state index contributed by atoms with van der Waals surface area (Å²) in [7, 11) is 0. The van der Waals surface area contributed by atoms with Crippen LogP contribution in [0.15, 0.2) is 28.7 Å². The van der Waals surface area contributed by atoms with E-state index in [1.165, 1.54) is 16.6 Å². The van der Waals surface area contributed by atoms with Gasteiger partial charge in [-0.1, -0.05) is 22.0 Å². The molecular weight excluding hydrogens is 266 g/mol. The van der Waals surface area contributed by atoms with E-state index >= 15 is 0 Å². The van der Waals surface area contributed by atoms with E-state index in [1.807, 2.05) is 6.92 Å². The number of hydrogen-bond donors (Lipinski definition) is 1. The third kappa shape index (κ3) is 2.15. The predicted molar refractivity (Wildman–Crippen MR) is 70.7 cm³/mol. The van der Waals surface area contributed by atoms with Crippen molar-refractivity contribution in [2.75, 3.05) is 0 Å². The first-order valence-corrected chi connectivity index (χ1v) is 6.37. The number of nitrogens with zero attached hydrogens (tertiary/aromatic N) is 1. The molecule has 0 aliphatic rings. The molecule has 16 heavy (non-hydrogen) atoms. The van der Waals surface area contributed by atoms with E-state index in [0.717, 1.165) is 11.0 Å². The van der Waals surface area contributed by atoms with Gasteiger partial charge in [-0.2, -0.15) is 0 Å². The van der Waals surface area contributed by atoms with Crippen LogP contribution in [0.25, 0.3) is 10.9 Å². The summed E-state index contributed by atoms with van der Waals surface area (Å²) in [5, 5.41) is 10.7. The zero-order valence-corrected chi connectivity index (χ0v) is 11.2. The summed E-state index contributed by atoms with van der Waals surface area (Å²) in [6, 6.07) is 8.45. The Balaban J connectivity index is 2.57. The molecule has 0 saturated carbocycles. The number of benzene rings is 1. The highest BCUT2D eigenvalue weighted by Gasteiger charge is 2.09. The lowest BCUT2D eigenvalue weighted by molar-refractivity contribution is 0.193. The van der Waals surface area contributed by atoms with Gasteiger partial charge in [0.25, 0.3) is 0 Å². The average Bonchev–Trinajstić information content (AvgIpc) is 2.53. The maximum Gasteiger partial charge on any atom is 0.0566 e. The van der Waals surface area contributed by atoms with Crippen LogP contribution in [0.2, 0.25) is 0 Å². The van der Waals surface area contributed by atoms with Crippen LogP contribution in [0.5, 0.6) is 0 Å². The topological polar surface area (TPSA) is 25.2 Å². The van der Waals surface area contributed by atoms with Gasteiger partial charge in [0, 0.05) is 28.6 Å². The minimum absolute atomic E-state index is 0.293. The van der Waals surface area contributed by atoms with E-state index < -0.39 is 0 Å². The number of aromatic nitrogens is 1. The zero-order valence-electron chi connectivity index (χ0n) is 9.57. The molecule has 1 aromatic carbocycles. The van der Waals surface area contributed by atoms with Crippen molar-refractivity contribution in [1.82, 2.24) is 4.57 Å². The van der Waals surface area contributed by atoms with Crippen LogP contribution < -0.4 is 0 Å². The third-order valence-corrected chi connectivity index (χ3v) is 3.27. The molecule has 2 aromatic rings. The molecule has 0 aliphatic heterocycles. The fraction of sp³-hybridized carbons (Fsp3) is 0.385. The molecule has 0 aliphatic carbocycles. The van der Waals surface area contributed by atoms with Gasteiger partial charge in [0.1, 0.15) is 0 Å². The highest BCUT2D eigenvalue weighted by Crippen LogP contribution is 2.24. The molecule has 3 heteroatoms. The zero-order chi connectivity index (χ0) is 11.7. The van der Waals surface area contributed by atoms with Crippen LogP contribution in [0.4, 0.5) is 0 Å². The summed E-state index contributed by atoms with van der Waals surface area (Å²) in [4.78, 5) is 0. The molecule has 0 saturated heterocycles. The molecule has 1 N–H and O–H groups in total. The second-order valence-electron chi connectivity index (χ2n) is 4.14. The van der Waals surface area contributed by atoms with E-state index in [0.29, 0.717) is 6.42 Å². The van der Waals surface area contributed by atoms with Crippen LogP contribution in [0, 0.1) is 0 Å². The Bertz CT molecular complexity index is 502. The number of aliphatic hydroxyl groups is 1. The van der Waals surface area contributed by atoms with Gasteiger partial charge in [-0.25, -0.2) is 0 Å². The van der Waals surface area contributed by atoms with Crippen molar-refractivity contribution in [3.05, 3.63) is 34.4 Å². The first-order chi connectivity index (χ1) is 7.61. The van der Waals surface area contributed by atoms with E-state index in [-0.39, 0.29) is 6.10 Å². The van der Waals surface area contributed by atoms with Crippen molar-refractivity contribution >= 4 is 26.8 Å². The Hall–Kier alpha value is -0.800. The van der Waals surface area contributed by atoms with Crippen LogP contribution >= 0.6 is 15.9 Å². The number of aryl methyl sites for hydroxylation is 1. The van der Waals surface area contributed by atoms with Crippen molar-refractivity contribution in [3.63, 3.8) is 0 Å². The molecule has 86 valence electrons. The number of aliphatic hydroxyl groups excluding tert-OH is 1. The molecular formula is C13H16BrNO. The van der Waals surface area contributed by atoms with Crippen molar-refractivity contribution in [3.8, 4) is 0 Å². The van der Waals surface area contributed by atoms with E-state index in [4.69, 9.17) is 0 Å². The van der Waals surface area contributed by atoms with Gasteiger partial charge in [0.05, 0.1) is 6.10 Å². The monoisotopic (exact) mass is 281 g/mol. The molecule has 0 amide bonds. The molecule has 0 fully saturated rings. The highest BCUT2D eigenvalue weighted by molar-refractivity contribution is 9.10. The molecule has 2 nitrogen and oxygen atoms in total. The van der Waals surface area contributed by atoms with Gasteiger partial charge in [-0.15, -0.1) is 0 Å². The number of hydrogen-bond acceptors (Lipinski definition) is 1. The maximum atomic E-state index is 9.48. The standard InChI is InChI=1S/C13H16BrNO/c1-3-15-12(6-9(2)16)7-10-4-5-11(14)8-13(10)15/h4-5,7-9,16H,3,6H2,1-2H3. The summed E-state index contributed by atoms with van der Waals surface area (Å²) in [5.74, 6) is 0. The van der Waals surface area contributed by atoms with Crippen LogP contribution in [-0.2, 0) is 13.0 Å². The normalized spacial score (nSPS) is 13.2. The maximum absolute atomic E-state index is 9.48. The van der Waals surface area contributed by atoms with Gasteiger partial charge >= 0.3 is 0 Å². The summed E-state index contributed by atoms with van der Waals surface area (Å²) in [6.45, 7) is 4.89. The Kier molecular flexibility index (Phi) is 3.36. The Morgan fingerprint density at radius 2 is 2.12 bits per heavy atom. The van der Waals surface area contributed by atoms with Crippen molar-refractivity contribution < 1.29 is 5.11 Å². The fourth-order valence-corrected chi connectivity index (χ4v) is 2.48. The summed E-state index contributed by atoms with van der Waals surface area (Å²) >= 11 is 3.49. The lowest BCUT2D eigenvalue weighted by Crippen LogP contribution is -2.09. The second kappa shape index (κ2) is 4.60. The summed E-state index contributed by atoms with van der Waals surface area (Å²) in [6.07, 6.45) is 0.415. The molecule has 2 rings (SSSR count). The van der Waals surface area contributed by atoms with Crippen LogP contribution in [0.3, 0.4) is 0 Å². The first-order valence-electron chi connectivity index (χ1n) is 5.57. The van der Waals surface area contributed by atoms with Crippen molar-refractivity contribution in [2.45, 2.75) is 32.9 Å². The molecule has 1 aromatic heterocycles. The first kappa shape index (κ1) is 11.7. The van der Waals surface area contributed by atoms with Gasteiger partial charge in [0.2, 0.25) is 0 Å². The summed E-state index contributed by atoms with van der Waals surface area (Å²) < 4.78 is 3.35. The van der Waals surface area contributed by atoms with Crippen LogP contribution in [0.1, 0.15) is 19.5 Å². The number of halogens is 1. The third-order valence-electron chi connectivity index (χ3n) is 2.77. The molecule has 1 atom stereocenters. The van der Waals surface area contributed by atoms with Gasteiger partial charge < -0.3 is 9.67 Å². The van der Waals surface area contributed by atoms with Gasteiger partial charge in [0.15, 0.2) is 0 Å². The predicted octanol–water partition coefficient (Wildman–Crippen LogP) is 3.35. The fourth-order valence-electron chi connectivity index (χ4n) is 2.13. The average molecular weight is 282 g/mol. The molecule has 1 unspecified atom stereocenters. The Morgan fingerprint density at radius 3 is 2.75 bits per heavy atom. The highest BCUT2D eigenvalue weighted by atomic mass is 79.9. The van der Waals surface area contributed by atoms with Crippen molar-refractivity contribution in [2.24, 2.45) is 0 Å². The van der Waals surface area contributed by atoms with E-state index in [9.17, 15) is 5.11 Å². The quantitative estimate of drug-likeness (QED) is 0.917. The lowest BCUT2D eigenvalue weighted by Gasteiger charge is -2.09. The molecule has 0 spiro atoms. The van der Waals surface area contributed by atoms with Gasteiger partial charge in [-0.3, -0.25) is 0 Å². The second-order valence-corrected chi connectivity index (χ2v) is 5.05. The van der Waals surface area contributed by atoms with Crippen molar-refractivity contribution in [1.29, 1.82) is 0 Å². The number of fused-ring (bicyclic) bond motifs is 1. The minimum atomic E-state index is -0.293. The lowest BCUT2D eigenvalue weighted by atomic mass is 10.2. The number of rotatable bonds is 3. The Morgan fingerprint density at radius 1 is 1.38 bits per heavy atom. The smallest absolute Gasteiger partial charge is 0.0566 e. The van der Waals surface area contributed by atoms with Crippen LogP contribution in [-0.4, -0.2) is 15.8 Å². The molecule has 1 heterocycles. The SMILES string of the molecule is CCn1c(CC(C)O)cc2ccc(Br)cc21. The minimum Gasteiger partial charge on any atom is -0.393 e. The molecule has 0 radical (unpaired) electrons. The molecule has 0 bridgehead atoms. The Labute approximate surface area is 104 Å². The van der Waals surface area contributed by atoms with E-state index in [1.54, 1.807) is 0 Å². The summed E-state index contributed by atoms with van der Waals surface area (Å²) in [5.41, 5.74) is 2.43. The largest absolute Gasteiger partial charge is 0.393 e.